The summed E-state index contributed by atoms with van der Waals surface area (Å²) in [6.07, 6.45) is 2.05. The molecule has 1 aliphatic rings. The molecule has 1 aliphatic carbocycles. The van der Waals surface area contributed by atoms with Gasteiger partial charge in [0.25, 0.3) is 0 Å². The third-order valence-electron chi connectivity index (χ3n) is 1.61. The number of aliphatic hydroxyl groups excluding tert-OH is 1. The van der Waals surface area contributed by atoms with E-state index < -0.39 is 0 Å². The summed E-state index contributed by atoms with van der Waals surface area (Å²) in [5.41, 5.74) is 0. The van der Waals surface area contributed by atoms with Gasteiger partial charge < -0.3 is 10.4 Å². The van der Waals surface area contributed by atoms with Gasteiger partial charge in [0.2, 0.25) is 0 Å². The van der Waals surface area contributed by atoms with Crippen LogP contribution in [0.2, 0.25) is 0 Å². The molecule has 1 fully saturated rings. The fourth-order valence-electron chi connectivity index (χ4n) is 0.819. The Balaban J connectivity index is 2.16. The normalized spacial score (nSPS) is 40.3. The molecule has 0 aromatic rings. The molecule has 0 saturated heterocycles. The van der Waals surface area contributed by atoms with E-state index in [9.17, 15) is 0 Å². The first-order valence-corrected chi connectivity index (χ1v) is 2.70. The molecule has 0 amide bonds. The molecule has 0 aromatic carbocycles. The molecule has 42 valence electrons. The standard InChI is InChI=1S/C5H11NO/c1-6-4-2-3-5(4)7/h4-7H,2-3H2,1H3. The second-order valence-electron chi connectivity index (χ2n) is 2.04. The molecule has 1 rings (SSSR count). The van der Waals surface area contributed by atoms with Gasteiger partial charge in [-0.05, 0) is 19.9 Å². The summed E-state index contributed by atoms with van der Waals surface area (Å²) >= 11 is 0. The van der Waals surface area contributed by atoms with Crippen molar-refractivity contribution in [3.63, 3.8) is 0 Å². The van der Waals surface area contributed by atoms with Crippen LogP contribution in [0.25, 0.3) is 0 Å². The molecule has 0 radical (unpaired) electrons. The van der Waals surface area contributed by atoms with Crippen molar-refractivity contribution in [2.45, 2.75) is 25.0 Å². The van der Waals surface area contributed by atoms with E-state index in [-0.39, 0.29) is 6.10 Å². The lowest BCUT2D eigenvalue weighted by molar-refractivity contribution is 0.0541. The van der Waals surface area contributed by atoms with Crippen LogP contribution in [0.4, 0.5) is 0 Å². The van der Waals surface area contributed by atoms with Gasteiger partial charge in [0.05, 0.1) is 6.10 Å². The Morgan fingerprint density at radius 3 is 2.29 bits per heavy atom. The van der Waals surface area contributed by atoms with E-state index in [2.05, 4.69) is 5.32 Å². The zero-order valence-electron chi connectivity index (χ0n) is 4.52. The van der Waals surface area contributed by atoms with Crippen LogP contribution in [0.3, 0.4) is 0 Å². The maximum atomic E-state index is 8.85. The molecule has 2 atom stereocenters. The van der Waals surface area contributed by atoms with Gasteiger partial charge in [-0.2, -0.15) is 0 Å². The summed E-state index contributed by atoms with van der Waals surface area (Å²) in [5.74, 6) is 0. The molecule has 2 N–H and O–H groups in total. The second-order valence-corrected chi connectivity index (χ2v) is 2.04. The molecule has 0 bridgehead atoms. The summed E-state index contributed by atoms with van der Waals surface area (Å²) in [6.45, 7) is 0. The van der Waals surface area contributed by atoms with Gasteiger partial charge in [0.15, 0.2) is 0 Å². The number of hydrogen-bond acceptors (Lipinski definition) is 2. The molecule has 2 unspecified atom stereocenters. The molecular weight excluding hydrogens is 90.1 g/mol. The molecule has 7 heavy (non-hydrogen) atoms. The molecule has 2 nitrogen and oxygen atoms in total. The van der Waals surface area contributed by atoms with Crippen molar-refractivity contribution >= 4 is 0 Å². The maximum absolute atomic E-state index is 8.85. The zero-order chi connectivity index (χ0) is 5.28. The zero-order valence-corrected chi connectivity index (χ0v) is 4.52. The smallest absolute Gasteiger partial charge is 0.0693 e. The first-order valence-electron chi connectivity index (χ1n) is 2.70. The second kappa shape index (κ2) is 1.80. The lowest BCUT2D eigenvalue weighted by atomic mass is 9.90. The summed E-state index contributed by atoms with van der Waals surface area (Å²) in [4.78, 5) is 0. The Bertz CT molecular complexity index is 63.1. The van der Waals surface area contributed by atoms with Crippen molar-refractivity contribution in [3.8, 4) is 0 Å². The van der Waals surface area contributed by atoms with Crippen molar-refractivity contribution in [1.29, 1.82) is 0 Å². The topological polar surface area (TPSA) is 32.3 Å². The number of rotatable bonds is 1. The Labute approximate surface area is 43.5 Å². The first-order chi connectivity index (χ1) is 3.34. The molecular formula is C5H11NO. The predicted molar refractivity (Wildman–Crippen MR) is 28.1 cm³/mol. The largest absolute Gasteiger partial charge is 0.392 e. The van der Waals surface area contributed by atoms with E-state index in [4.69, 9.17) is 5.11 Å². The highest BCUT2D eigenvalue weighted by Crippen LogP contribution is 2.18. The SMILES string of the molecule is CNC1CCC1O. The first kappa shape index (κ1) is 5.06. The van der Waals surface area contributed by atoms with E-state index in [1.165, 1.54) is 0 Å². The molecule has 0 heterocycles. The quantitative estimate of drug-likeness (QED) is 0.476. The summed E-state index contributed by atoms with van der Waals surface area (Å²) in [7, 11) is 1.88. The highest BCUT2D eigenvalue weighted by atomic mass is 16.3. The average Bonchev–Trinajstić information content (AvgIpc) is 1.65. The van der Waals surface area contributed by atoms with Crippen LogP contribution in [-0.2, 0) is 0 Å². The molecule has 0 aromatic heterocycles. The van der Waals surface area contributed by atoms with Crippen LogP contribution in [-0.4, -0.2) is 24.3 Å². The third-order valence-corrected chi connectivity index (χ3v) is 1.61. The fraction of sp³-hybridized carbons (Fsp3) is 1.00. The van der Waals surface area contributed by atoms with Gasteiger partial charge in [0.1, 0.15) is 0 Å². The maximum Gasteiger partial charge on any atom is 0.0693 e. The van der Waals surface area contributed by atoms with Gasteiger partial charge in [-0.3, -0.25) is 0 Å². The van der Waals surface area contributed by atoms with Gasteiger partial charge in [0, 0.05) is 6.04 Å². The Kier molecular flexibility index (Phi) is 1.30. The lowest BCUT2D eigenvalue weighted by Gasteiger charge is -2.31. The Hall–Kier alpha value is -0.0800. The van der Waals surface area contributed by atoms with E-state index >= 15 is 0 Å². The average molecular weight is 101 g/mol. The molecule has 0 aliphatic heterocycles. The molecule has 1 saturated carbocycles. The van der Waals surface area contributed by atoms with E-state index in [1.807, 2.05) is 7.05 Å². The third kappa shape index (κ3) is 0.763. The number of likely N-dealkylation sites (N-methyl/N-ethyl adjacent to an activating group) is 1. The lowest BCUT2D eigenvalue weighted by Crippen LogP contribution is -2.45. The van der Waals surface area contributed by atoms with Crippen molar-refractivity contribution in [2.24, 2.45) is 0 Å². The summed E-state index contributed by atoms with van der Waals surface area (Å²) < 4.78 is 0. The predicted octanol–water partition coefficient (Wildman–Crippen LogP) is -0.271. The summed E-state index contributed by atoms with van der Waals surface area (Å²) in [6, 6.07) is 0.389. The van der Waals surface area contributed by atoms with Crippen LogP contribution in [0.1, 0.15) is 12.8 Å². The van der Waals surface area contributed by atoms with Crippen LogP contribution in [0.5, 0.6) is 0 Å². The minimum atomic E-state index is -0.0648. The van der Waals surface area contributed by atoms with Gasteiger partial charge in [-0.25, -0.2) is 0 Å². The van der Waals surface area contributed by atoms with Crippen LogP contribution < -0.4 is 5.32 Å². The van der Waals surface area contributed by atoms with E-state index in [0.29, 0.717) is 6.04 Å². The van der Waals surface area contributed by atoms with Crippen molar-refractivity contribution < 1.29 is 5.11 Å². The van der Waals surface area contributed by atoms with Crippen LogP contribution >= 0.6 is 0 Å². The minimum Gasteiger partial charge on any atom is -0.392 e. The van der Waals surface area contributed by atoms with Gasteiger partial charge in [-0.15, -0.1) is 0 Å². The summed E-state index contributed by atoms with van der Waals surface area (Å²) in [5, 5.41) is 11.8. The van der Waals surface area contributed by atoms with E-state index in [0.717, 1.165) is 12.8 Å². The van der Waals surface area contributed by atoms with Crippen molar-refractivity contribution in [2.75, 3.05) is 7.05 Å². The fourth-order valence-corrected chi connectivity index (χ4v) is 0.819. The molecule has 0 spiro atoms. The van der Waals surface area contributed by atoms with Gasteiger partial charge >= 0.3 is 0 Å². The minimum absolute atomic E-state index is 0.0648. The monoisotopic (exact) mass is 101 g/mol. The van der Waals surface area contributed by atoms with Gasteiger partial charge in [-0.1, -0.05) is 0 Å². The molecule has 2 heteroatoms. The highest BCUT2D eigenvalue weighted by Gasteiger charge is 2.26. The Morgan fingerprint density at radius 2 is 2.29 bits per heavy atom. The highest BCUT2D eigenvalue weighted by molar-refractivity contribution is 4.84. The Morgan fingerprint density at radius 1 is 1.57 bits per heavy atom. The van der Waals surface area contributed by atoms with Crippen molar-refractivity contribution in [3.05, 3.63) is 0 Å². The van der Waals surface area contributed by atoms with Crippen molar-refractivity contribution in [1.82, 2.24) is 5.32 Å². The number of nitrogens with one attached hydrogen (secondary N) is 1. The number of hydrogen-bond donors (Lipinski definition) is 2. The van der Waals surface area contributed by atoms with Crippen LogP contribution in [0, 0.1) is 0 Å². The van der Waals surface area contributed by atoms with E-state index in [1.54, 1.807) is 0 Å². The van der Waals surface area contributed by atoms with Crippen LogP contribution in [0.15, 0.2) is 0 Å². The number of aliphatic hydroxyl groups is 1.